The SMILES string of the molecule is CCP(c1ccccc1)c1ccccc1.Cc1occc(=[OH+])c1O.Cc1occc(=[OH+])c1O.Cc1occc(=[OH+])c1O.Cc1occc(=[OH+])c1O.Cc1occc(=[OH+])c1O.Cc1occc(=[OH+])c1O.[CH-]=O.[CH-]=O.[CH-]=O.[CH-]=O.[CH-]=O.[CH-]=O.[CH-]=O.[CH-]=O.[CH-]=O.[CH-]=O.[CH-]=O.[CH-]=O.[CH-]=O.[CH-]=O.[CH-]=O.[CH-]=O.[CH-]=O.[CH-]=O.[CH-]=O.[CH-]=O.[CH-]=O.[CH-]=O.[Ru+3].[Ru+3].[Ru+4].[Ru+].[Ru+].[Ru+].[Ru+].[Ru+].[Ru+].c1ccc([PH+](C[PH+](c2ccccc2)c2ccccc2)c2ccccc2)cc1. The largest absolute Gasteiger partial charge is 4.00 e. The molecule has 0 bridgehead atoms. The zero-order valence-corrected chi connectivity index (χ0v) is 97.3. The van der Waals surface area contributed by atoms with Gasteiger partial charge in [0.15, 0.2) is 40.5 Å². The van der Waals surface area contributed by atoms with E-state index in [-0.39, 0.29) is 250 Å². The van der Waals surface area contributed by atoms with Gasteiger partial charge in [-0.3, -0.25) is 178 Å². The maximum Gasteiger partial charge on any atom is 4.00 e. The molecular formula is C97H103O40P3Ru9+2. The number of hydrogen-bond acceptors (Lipinski definition) is 34. The van der Waals surface area contributed by atoms with E-state index in [0.717, 1.165) is 0 Å². The molecule has 8 radical (unpaired) electrons. The smallest absolute Gasteiger partial charge is 0.545 e. The average molecular weight is 2910 g/mol. The van der Waals surface area contributed by atoms with Gasteiger partial charge < -0.3 is 163 Å². The molecule has 6 aromatic carbocycles. The Kier molecular flexibility index (Phi) is 245. The monoisotopic (exact) mass is 2920 g/mol. The summed E-state index contributed by atoms with van der Waals surface area (Å²) in [6, 6.07) is 73.8. The van der Waals surface area contributed by atoms with Gasteiger partial charge in [-0.2, -0.15) is 0 Å². The average Bonchev–Trinajstić information content (AvgIpc) is 0.810. The molecule has 0 aliphatic heterocycles. The van der Waals surface area contributed by atoms with Gasteiger partial charge in [0.25, 0.3) is 34.5 Å². The second-order valence-electron chi connectivity index (χ2n) is 20.3. The Hall–Kier alpha value is -12.5. The number of benzene rings is 6. The van der Waals surface area contributed by atoms with Gasteiger partial charge >= 0.3 is 208 Å². The minimum Gasteiger partial charge on any atom is -0.545 e. The number of aromatic hydroxyl groups is 6. The molecule has 6 heterocycles. The van der Waals surface area contributed by atoms with Crippen molar-refractivity contribution in [3.05, 3.63) is 323 Å². The number of carbonyl (C=O) groups excluding carboxylic acids is 22. The molecule has 12 N–H and O–H groups in total. The molecular weight excluding hydrogens is 2810 g/mol. The first-order valence-electron chi connectivity index (χ1n) is 34.9. The number of rotatable bonds is 9. The van der Waals surface area contributed by atoms with Gasteiger partial charge in [0, 0.05) is 0 Å². The third-order valence-electron chi connectivity index (χ3n) is 13.6. The van der Waals surface area contributed by atoms with Crippen molar-refractivity contribution < 1.29 is 367 Å². The summed E-state index contributed by atoms with van der Waals surface area (Å²) in [6.45, 7) is 83.2. The standard InChI is InChI=1S/C25H22P2.C14H15P.6C6H6O3.22CHO.9Ru/c1-5-13-22(14-6-1)26(23-15-7-2-8-16-23)21-27(24-17-9-3-10-18-24)25-19-11-4-12-20-25;1-2-15(13-9-5-3-6-10-13)14-11-7-4-8-12-14;6*1-4-6(8)5(7)2-3-9-4;22*1-2;;;;;;;;;/h1-20H,21H2;3-12H,2H2,1H3;6*2-3,8H,1H3;22*1H;;;;;;;;;/q;;;;;;;;22*-1;6*+1;2*+3;+4/p+8. The van der Waals surface area contributed by atoms with Crippen molar-refractivity contribution in [3.63, 3.8) is 0 Å². The third-order valence-corrected chi connectivity index (χ3v) is 23.0. The fourth-order valence-corrected chi connectivity index (χ4v) is 18.1. The van der Waals surface area contributed by atoms with Crippen LogP contribution in [0.15, 0.2) is 282 Å². The summed E-state index contributed by atoms with van der Waals surface area (Å²) >= 11 is 0. The van der Waals surface area contributed by atoms with Crippen molar-refractivity contribution in [2.75, 3.05) is 12.1 Å². The molecule has 149 heavy (non-hydrogen) atoms. The van der Waals surface area contributed by atoms with E-state index in [2.05, 4.69) is 338 Å². The van der Waals surface area contributed by atoms with Gasteiger partial charge in [-0.1, -0.05) is 140 Å². The fourth-order valence-electron chi connectivity index (χ4n) is 8.30. The maximum atomic E-state index is 8.86. The van der Waals surface area contributed by atoms with Crippen molar-refractivity contribution in [2.45, 2.75) is 48.5 Å². The molecule has 0 spiro atoms. The molecule has 816 valence electrons. The van der Waals surface area contributed by atoms with Crippen LogP contribution in [0.25, 0.3) is 0 Å². The second-order valence-corrected chi connectivity index (χ2v) is 28.4. The Morgan fingerprint density at radius 1 is 0.215 bits per heavy atom. The number of aryl methyl sites for hydroxylation is 6. The van der Waals surface area contributed by atoms with Crippen LogP contribution in [0, 0.1) is 41.5 Å². The Balaban J connectivity index is -0.0000000440. The predicted molar refractivity (Wildman–Crippen MR) is 525 cm³/mol. The summed E-state index contributed by atoms with van der Waals surface area (Å²) in [5.74, 6) is 1.96. The predicted octanol–water partition coefficient (Wildman–Crippen LogP) is 3.55. The van der Waals surface area contributed by atoms with Gasteiger partial charge in [-0.15, -0.1) is 0 Å². The van der Waals surface area contributed by atoms with E-state index >= 15 is 0 Å². The molecule has 0 saturated heterocycles. The van der Waals surface area contributed by atoms with E-state index < -0.39 is 15.8 Å². The summed E-state index contributed by atoms with van der Waals surface area (Å²) in [5, 5.41) is 62.1. The van der Waals surface area contributed by atoms with E-state index in [1.54, 1.807) is 41.5 Å². The van der Waals surface area contributed by atoms with Crippen LogP contribution in [0.1, 0.15) is 41.5 Å². The van der Waals surface area contributed by atoms with Crippen LogP contribution < -0.4 is 64.4 Å². The van der Waals surface area contributed by atoms with Crippen LogP contribution in [0.3, 0.4) is 0 Å². The molecule has 0 amide bonds. The molecule has 0 fully saturated rings. The third kappa shape index (κ3) is 108. The zero-order valence-electron chi connectivity index (χ0n) is 78.8. The van der Waals surface area contributed by atoms with Crippen LogP contribution in [0.2, 0.25) is 0 Å². The summed E-state index contributed by atoms with van der Waals surface area (Å²) in [4.78, 5) is 223. The topological polar surface area (TPSA) is 704 Å². The molecule has 12 aromatic rings. The van der Waals surface area contributed by atoms with Crippen LogP contribution in [0.4, 0.5) is 0 Å². The molecule has 0 unspecified atom stereocenters. The van der Waals surface area contributed by atoms with Crippen molar-refractivity contribution in [1.29, 1.82) is 0 Å². The molecule has 0 atom stereocenters. The van der Waals surface area contributed by atoms with Gasteiger partial charge in [0.05, 0.1) is 36.4 Å². The minimum absolute atomic E-state index is 0. The van der Waals surface area contributed by atoms with E-state index in [0.29, 0.717) is 34.6 Å². The van der Waals surface area contributed by atoms with Crippen molar-refractivity contribution in [2.24, 2.45) is 0 Å². The van der Waals surface area contributed by atoms with E-state index in [1.807, 2.05) is 0 Å². The van der Waals surface area contributed by atoms with Gasteiger partial charge in [-0.25, -0.2) is 0 Å². The van der Waals surface area contributed by atoms with E-state index in [4.69, 9.17) is 191 Å². The van der Waals surface area contributed by atoms with Crippen LogP contribution in [-0.4, -0.2) is 221 Å². The summed E-state index contributed by atoms with van der Waals surface area (Å²) in [6.07, 6.45) is 9.07. The maximum absolute atomic E-state index is 8.86. The zero-order chi connectivity index (χ0) is 114. The Labute approximate surface area is 980 Å². The van der Waals surface area contributed by atoms with Crippen molar-refractivity contribution in [3.8, 4) is 34.5 Å². The van der Waals surface area contributed by atoms with E-state index in [1.165, 1.54) is 118 Å². The molecule has 0 aliphatic carbocycles. The van der Waals surface area contributed by atoms with Gasteiger partial charge in [0.1, 0.15) is 74.6 Å². The molecule has 52 heteroatoms. The first kappa shape index (κ1) is 209. The first-order valence-corrected chi connectivity index (χ1v) is 39.8. The Bertz CT molecular complexity index is 4410. The summed E-state index contributed by atoms with van der Waals surface area (Å²) in [7, 11) is -1.84. The number of hydrogen-bond donors (Lipinski definition) is 6. The molecule has 6 aromatic heterocycles. The van der Waals surface area contributed by atoms with Crippen molar-refractivity contribution in [1.82, 2.24) is 0 Å². The van der Waals surface area contributed by atoms with Crippen molar-refractivity contribution >= 4 is 205 Å². The summed E-state index contributed by atoms with van der Waals surface area (Å²) in [5.41, 5.74) is -0.924. The van der Waals surface area contributed by atoms with Crippen LogP contribution >= 0.6 is 23.8 Å². The fraction of sp³-hybridized carbons (Fsp3) is 0.0928. The quantitative estimate of drug-likeness (QED) is 0.0395. The van der Waals surface area contributed by atoms with Crippen LogP contribution in [0.5, 0.6) is 34.5 Å². The second kappa shape index (κ2) is 175. The molecule has 40 nitrogen and oxygen atoms in total. The molecule has 12 rings (SSSR count). The van der Waals surface area contributed by atoms with Crippen LogP contribution in [-0.2, 0) is 281 Å². The van der Waals surface area contributed by atoms with Gasteiger partial charge in [0.2, 0.25) is 0 Å². The van der Waals surface area contributed by atoms with E-state index in [9.17, 15) is 0 Å². The molecule has 0 saturated carbocycles. The Morgan fingerprint density at radius 2 is 0.322 bits per heavy atom. The Morgan fingerprint density at radius 3 is 0.416 bits per heavy atom. The molecule has 0 aliphatic rings. The summed E-state index contributed by atoms with van der Waals surface area (Å²) < 4.78 is 28.4. The first-order chi connectivity index (χ1) is 68.1. The normalized spacial score (nSPS) is 7.07. The van der Waals surface area contributed by atoms with Gasteiger partial charge in [-0.05, 0) is 115 Å². The minimum atomic E-state index is -0.847.